The minimum absolute atomic E-state index is 0.0616. The smallest absolute Gasteiger partial charge is 0.324 e. The van der Waals surface area contributed by atoms with Crippen molar-refractivity contribution in [3.8, 4) is 5.75 Å². The van der Waals surface area contributed by atoms with E-state index in [0.29, 0.717) is 24.3 Å². The van der Waals surface area contributed by atoms with Crippen molar-refractivity contribution in [2.75, 3.05) is 37.7 Å². The molecule has 0 saturated carbocycles. The van der Waals surface area contributed by atoms with E-state index in [0.717, 1.165) is 44.6 Å². The number of benzene rings is 1. The van der Waals surface area contributed by atoms with Crippen LogP contribution in [0.5, 0.6) is 5.75 Å². The minimum atomic E-state index is -0.638. The van der Waals surface area contributed by atoms with Gasteiger partial charge in [-0.25, -0.2) is 4.39 Å². The fourth-order valence-corrected chi connectivity index (χ4v) is 3.66. The Kier molecular flexibility index (Phi) is 8.06. The number of nitrogens with zero attached hydrogens (tertiary/aromatic N) is 3. The number of carbonyl (C=O) groups excluding carboxylic acids is 1. The van der Waals surface area contributed by atoms with E-state index in [4.69, 9.17) is 14.4 Å². The molecule has 1 saturated heterocycles. The van der Waals surface area contributed by atoms with E-state index < -0.39 is 11.7 Å². The van der Waals surface area contributed by atoms with Gasteiger partial charge >= 0.3 is 6.01 Å². The second kappa shape index (κ2) is 10.8. The third-order valence-corrected chi connectivity index (χ3v) is 5.58. The maximum atomic E-state index is 14.1. The van der Waals surface area contributed by atoms with Crippen LogP contribution in [0.3, 0.4) is 0 Å². The van der Waals surface area contributed by atoms with E-state index in [1.165, 1.54) is 12.1 Å². The standard InChI is InChI=1S/C23H33FN4O4/c1-23(2,3)21-26-22(32-27-21)28-11-8-16(9-12-28)5-4-14-31-17-6-7-18(19(24)15-17)20(30)25-10-13-29/h6-7,15-16,29H,4-5,8-14H2,1-3H3,(H,25,30). The molecule has 1 aromatic carbocycles. The first kappa shape index (κ1) is 24.0. The molecule has 0 bridgehead atoms. The molecule has 0 spiro atoms. The molecule has 8 nitrogen and oxygen atoms in total. The summed E-state index contributed by atoms with van der Waals surface area (Å²) in [6.45, 7) is 8.36. The predicted molar refractivity (Wildman–Crippen MR) is 118 cm³/mol. The first-order valence-corrected chi connectivity index (χ1v) is 11.2. The first-order valence-electron chi connectivity index (χ1n) is 11.2. The maximum Gasteiger partial charge on any atom is 0.324 e. The average Bonchev–Trinajstić information content (AvgIpc) is 3.26. The highest BCUT2D eigenvalue weighted by Gasteiger charge is 2.26. The Bertz CT molecular complexity index is 888. The third-order valence-electron chi connectivity index (χ3n) is 5.58. The Morgan fingerprint density at radius 3 is 2.72 bits per heavy atom. The van der Waals surface area contributed by atoms with Crippen LogP contribution in [-0.4, -0.2) is 54.0 Å². The highest BCUT2D eigenvalue weighted by molar-refractivity contribution is 5.94. The second-order valence-corrected chi connectivity index (χ2v) is 9.19. The molecule has 2 aromatic rings. The van der Waals surface area contributed by atoms with Gasteiger partial charge in [0.25, 0.3) is 5.91 Å². The zero-order chi connectivity index (χ0) is 23.1. The molecule has 2 N–H and O–H groups in total. The number of piperidine rings is 1. The fraction of sp³-hybridized carbons (Fsp3) is 0.609. The quantitative estimate of drug-likeness (QED) is 0.568. The van der Waals surface area contributed by atoms with Crippen LogP contribution in [0.4, 0.5) is 10.4 Å². The SMILES string of the molecule is CC(C)(C)c1noc(N2CCC(CCCOc3ccc(C(=O)NCCO)c(F)c3)CC2)n1. The zero-order valence-corrected chi connectivity index (χ0v) is 19.1. The molecule has 0 atom stereocenters. The maximum absolute atomic E-state index is 14.1. The predicted octanol–water partition coefficient (Wildman–Crippen LogP) is 3.30. The summed E-state index contributed by atoms with van der Waals surface area (Å²) < 4.78 is 25.3. The van der Waals surface area contributed by atoms with E-state index >= 15 is 0 Å². The van der Waals surface area contributed by atoms with Gasteiger partial charge in [0.1, 0.15) is 11.6 Å². The van der Waals surface area contributed by atoms with Crippen LogP contribution in [-0.2, 0) is 5.41 Å². The van der Waals surface area contributed by atoms with Gasteiger partial charge < -0.3 is 24.6 Å². The summed E-state index contributed by atoms with van der Waals surface area (Å²) in [5, 5.41) is 15.3. The van der Waals surface area contributed by atoms with Gasteiger partial charge in [0.15, 0.2) is 5.82 Å². The Morgan fingerprint density at radius 2 is 2.09 bits per heavy atom. The number of aromatic nitrogens is 2. The van der Waals surface area contributed by atoms with E-state index in [1.54, 1.807) is 6.07 Å². The van der Waals surface area contributed by atoms with E-state index in [9.17, 15) is 9.18 Å². The van der Waals surface area contributed by atoms with Gasteiger partial charge in [-0.3, -0.25) is 4.79 Å². The lowest BCUT2D eigenvalue weighted by molar-refractivity contribution is 0.0940. The summed E-state index contributed by atoms with van der Waals surface area (Å²) in [6.07, 6.45) is 4.02. The highest BCUT2D eigenvalue weighted by Crippen LogP contribution is 2.27. The first-order chi connectivity index (χ1) is 15.3. The van der Waals surface area contributed by atoms with Crippen molar-refractivity contribution in [1.82, 2.24) is 15.5 Å². The molecule has 9 heteroatoms. The minimum Gasteiger partial charge on any atom is -0.493 e. The summed E-state index contributed by atoms with van der Waals surface area (Å²) in [7, 11) is 0. The molecule has 0 radical (unpaired) electrons. The molecule has 1 amide bonds. The van der Waals surface area contributed by atoms with Crippen molar-refractivity contribution < 1.29 is 23.6 Å². The fourth-order valence-electron chi connectivity index (χ4n) is 3.66. The van der Waals surface area contributed by atoms with Gasteiger partial charge in [-0.15, -0.1) is 0 Å². The molecule has 0 aliphatic carbocycles. The highest BCUT2D eigenvalue weighted by atomic mass is 19.1. The number of halogens is 1. The second-order valence-electron chi connectivity index (χ2n) is 9.19. The van der Waals surface area contributed by atoms with Gasteiger partial charge in [-0.2, -0.15) is 4.98 Å². The number of aliphatic hydroxyl groups is 1. The van der Waals surface area contributed by atoms with Crippen LogP contribution in [0, 0.1) is 11.7 Å². The Balaban J connectivity index is 1.37. The number of aliphatic hydroxyl groups excluding tert-OH is 1. The zero-order valence-electron chi connectivity index (χ0n) is 19.1. The van der Waals surface area contributed by atoms with Crippen molar-refractivity contribution in [1.29, 1.82) is 0 Å². The number of carbonyl (C=O) groups is 1. The Morgan fingerprint density at radius 1 is 1.34 bits per heavy atom. The normalized spacial score (nSPS) is 15.1. The average molecular weight is 449 g/mol. The third kappa shape index (κ3) is 6.41. The van der Waals surface area contributed by atoms with Gasteiger partial charge in [0.05, 0.1) is 18.8 Å². The van der Waals surface area contributed by atoms with Crippen LogP contribution < -0.4 is 15.0 Å². The summed E-state index contributed by atoms with van der Waals surface area (Å²) in [4.78, 5) is 18.5. The van der Waals surface area contributed by atoms with Crippen molar-refractivity contribution in [3.05, 3.63) is 35.4 Å². The number of rotatable bonds is 9. The number of amides is 1. The summed E-state index contributed by atoms with van der Waals surface area (Å²) in [6, 6.07) is 4.82. The van der Waals surface area contributed by atoms with E-state index in [2.05, 4.69) is 41.1 Å². The molecule has 3 rings (SSSR count). The summed E-state index contributed by atoms with van der Waals surface area (Å²) in [5.74, 6) is 0.545. The van der Waals surface area contributed by atoms with Gasteiger partial charge in [-0.05, 0) is 43.7 Å². The lowest BCUT2D eigenvalue weighted by atomic mass is 9.92. The van der Waals surface area contributed by atoms with Gasteiger partial charge in [0.2, 0.25) is 0 Å². The number of ether oxygens (including phenoxy) is 1. The van der Waals surface area contributed by atoms with Gasteiger partial charge in [0, 0.05) is 31.1 Å². The number of anilines is 1. The lowest BCUT2D eigenvalue weighted by Crippen LogP contribution is -2.34. The van der Waals surface area contributed by atoms with E-state index in [-0.39, 0.29) is 24.1 Å². The molecule has 32 heavy (non-hydrogen) atoms. The number of nitrogens with one attached hydrogen (secondary N) is 1. The van der Waals surface area contributed by atoms with Crippen LogP contribution in [0.25, 0.3) is 0 Å². The van der Waals surface area contributed by atoms with Crippen molar-refractivity contribution in [2.45, 2.75) is 51.9 Å². The lowest BCUT2D eigenvalue weighted by Gasteiger charge is -2.30. The Hall–Kier alpha value is -2.68. The molecular formula is C23H33FN4O4. The van der Waals surface area contributed by atoms with Gasteiger partial charge in [-0.1, -0.05) is 25.9 Å². The topological polar surface area (TPSA) is 101 Å². The number of hydrogen-bond acceptors (Lipinski definition) is 7. The molecule has 1 aliphatic heterocycles. The number of hydrogen-bond donors (Lipinski definition) is 2. The van der Waals surface area contributed by atoms with E-state index in [1.807, 2.05) is 0 Å². The monoisotopic (exact) mass is 448 g/mol. The summed E-state index contributed by atoms with van der Waals surface area (Å²) >= 11 is 0. The molecule has 0 unspecified atom stereocenters. The largest absolute Gasteiger partial charge is 0.493 e. The van der Waals surface area contributed by atoms with Crippen molar-refractivity contribution in [2.24, 2.45) is 5.92 Å². The van der Waals surface area contributed by atoms with Crippen molar-refractivity contribution >= 4 is 11.9 Å². The van der Waals surface area contributed by atoms with Crippen LogP contribution >= 0.6 is 0 Å². The molecule has 176 valence electrons. The molecule has 1 aromatic heterocycles. The van der Waals surface area contributed by atoms with Crippen LogP contribution in [0.15, 0.2) is 22.7 Å². The molecule has 2 heterocycles. The summed E-state index contributed by atoms with van der Waals surface area (Å²) in [5.41, 5.74) is -0.191. The Labute approximate surface area is 188 Å². The van der Waals surface area contributed by atoms with Crippen LogP contribution in [0.1, 0.15) is 62.6 Å². The van der Waals surface area contributed by atoms with Crippen LogP contribution in [0.2, 0.25) is 0 Å². The molecular weight excluding hydrogens is 415 g/mol. The molecule has 1 aliphatic rings. The molecule has 1 fully saturated rings. The van der Waals surface area contributed by atoms with Crippen molar-refractivity contribution in [3.63, 3.8) is 0 Å².